The first-order valence-electron chi connectivity index (χ1n) is 5.71. The zero-order valence-corrected chi connectivity index (χ0v) is 10.9. The number of aliphatic carboxylic acids is 1. The Labute approximate surface area is 114 Å². The maximum Gasteiger partial charge on any atom is 0.344 e. The van der Waals surface area contributed by atoms with Gasteiger partial charge in [-0.3, -0.25) is 0 Å². The van der Waals surface area contributed by atoms with Crippen LogP contribution in [0.3, 0.4) is 0 Å². The molecule has 0 radical (unpaired) electrons. The fourth-order valence-corrected chi connectivity index (χ4v) is 1.79. The van der Waals surface area contributed by atoms with E-state index in [-0.39, 0.29) is 0 Å². The Morgan fingerprint density at radius 2 is 2.32 bits per heavy atom. The van der Waals surface area contributed by atoms with Gasteiger partial charge in [-0.15, -0.1) is 0 Å². The number of hydrogen-bond donors (Lipinski definition) is 1. The van der Waals surface area contributed by atoms with E-state index in [0.29, 0.717) is 28.5 Å². The molecule has 0 saturated carbocycles. The lowest BCUT2D eigenvalue weighted by Gasteiger charge is -2.15. The van der Waals surface area contributed by atoms with E-state index in [0.717, 1.165) is 0 Å². The Morgan fingerprint density at radius 1 is 1.53 bits per heavy atom. The number of benzene rings is 1. The quantitative estimate of drug-likeness (QED) is 0.911. The van der Waals surface area contributed by atoms with Gasteiger partial charge in [0.05, 0.1) is 0 Å². The fourth-order valence-electron chi connectivity index (χ4n) is 1.62. The van der Waals surface area contributed by atoms with Crippen molar-refractivity contribution in [2.75, 3.05) is 0 Å². The van der Waals surface area contributed by atoms with Gasteiger partial charge in [0.15, 0.2) is 6.10 Å². The highest BCUT2D eigenvalue weighted by Gasteiger charge is 2.19. The van der Waals surface area contributed by atoms with E-state index in [2.05, 4.69) is 5.16 Å². The molecule has 5 nitrogen and oxygen atoms in total. The maximum atomic E-state index is 11.0. The Balaban J connectivity index is 2.37. The van der Waals surface area contributed by atoms with Crippen LogP contribution in [-0.4, -0.2) is 22.3 Å². The lowest BCUT2D eigenvalue weighted by molar-refractivity contribution is -0.145. The van der Waals surface area contributed by atoms with Crippen molar-refractivity contribution in [1.29, 1.82) is 0 Å². The summed E-state index contributed by atoms with van der Waals surface area (Å²) in [7, 11) is 0. The number of halogens is 1. The van der Waals surface area contributed by atoms with E-state index in [4.69, 9.17) is 26.0 Å². The second-order valence-electron chi connectivity index (χ2n) is 3.88. The largest absolute Gasteiger partial charge is 0.479 e. The summed E-state index contributed by atoms with van der Waals surface area (Å²) in [5.41, 5.74) is 1.14. The van der Waals surface area contributed by atoms with Crippen LogP contribution in [0.5, 0.6) is 5.75 Å². The summed E-state index contributed by atoms with van der Waals surface area (Å²) in [5, 5.41) is 13.3. The standard InChI is InChI=1S/C13H12ClNO4/c1-2-11(13(16)17)19-12-4-3-8(14)7-9(12)10-5-6-18-15-10/h3-7,11H,2H2,1H3,(H,16,17). The average Bonchev–Trinajstić information content (AvgIpc) is 2.90. The lowest BCUT2D eigenvalue weighted by atomic mass is 10.1. The first-order chi connectivity index (χ1) is 9.11. The van der Waals surface area contributed by atoms with Crippen molar-refractivity contribution in [2.24, 2.45) is 0 Å². The molecule has 100 valence electrons. The van der Waals surface area contributed by atoms with Crippen molar-refractivity contribution in [3.63, 3.8) is 0 Å². The van der Waals surface area contributed by atoms with Crippen LogP contribution in [0.15, 0.2) is 35.1 Å². The van der Waals surface area contributed by atoms with Crippen molar-refractivity contribution in [3.8, 4) is 17.0 Å². The van der Waals surface area contributed by atoms with Gasteiger partial charge in [-0.2, -0.15) is 0 Å². The third-order valence-corrected chi connectivity index (χ3v) is 2.81. The molecule has 2 aromatic rings. The number of carbonyl (C=O) groups is 1. The van der Waals surface area contributed by atoms with E-state index in [1.807, 2.05) is 0 Å². The predicted octanol–water partition coefficient (Wildman–Crippen LogP) is 3.24. The molecule has 0 aliphatic heterocycles. The van der Waals surface area contributed by atoms with Crippen LogP contribution in [0, 0.1) is 0 Å². The SMILES string of the molecule is CCC(Oc1ccc(Cl)cc1-c1ccon1)C(=O)O. The molecule has 1 aromatic heterocycles. The minimum absolute atomic E-state index is 0.357. The van der Waals surface area contributed by atoms with Crippen LogP contribution in [0.4, 0.5) is 0 Å². The van der Waals surface area contributed by atoms with Crippen molar-refractivity contribution >= 4 is 17.6 Å². The van der Waals surface area contributed by atoms with E-state index in [1.165, 1.54) is 6.26 Å². The summed E-state index contributed by atoms with van der Waals surface area (Å²) < 4.78 is 10.3. The van der Waals surface area contributed by atoms with Crippen molar-refractivity contribution in [1.82, 2.24) is 5.16 Å². The smallest absolute Gasteiger partial charge is 0.344 e. The number of hydrogen-bond acceptors (Lipinski definition) is 4. The van der Waals surface area contributed by atoms with Crippen LogP contribution in [0.25, 0.3) is 11.3 Å². The van der Waals surface area contributed by atoms with Crippen LogP contribution in [0.2, 0.25) is 5.02 Å². The number of nitrogens with zero attached hydrogens (tertiary/aromatic N) is 1. The van der Waals surface area contributed by atoms with Gasteiger partial charge in [0.25, 0.3) is 0 Å². The maximum absolute atomic E-state index is 11.0. The number of carboxylic acid groups (broad SMARTS) is 1. The molecule has 1 atom stereocenters. The van der Waals surface area contributed by atoms with Gasteiger partial charge >= 0.3 is 5.97 Å². The highest BCUT2D eigenvalue weighted by atomic mass is 35.5. The second-order valence-corrected chi connectivity index (χ2v) is 4.31. The Morgan fingerprint density at radius 3 is 2.89 bits per heavy atom. The summed E-state index contributed by atoms with van der Waals surface area (Å²) in [6, 6.07) is 6.57. The summed E-state index contributed by atoms with van der Waals surface area (Å²) in [6.45, 7) is 1.74. The Bertz CT molecular complexity index is 568. The van der Waals surface area contributed by atoms with Crippen LogP contribution in [0.1, 0.15) is 13.3 Å². The first-order valence-corrected chi connectivity index (χ1v) is 6.09. The number of ether oxygens (including phenoxy) is 1. The van der Waals surface area contributed by atoms with Gasteiger partial charge in [-0.05, 0) is 24.6 Å². The molecule has 1 heterocycles. The summed E-state index contributed by atoms with van der Waals surface area (Å²) in [5.74, 6) is -0.601. The molecule has 1 N–H and O–H groups in total. The molecule has 19 heavy (non-hydrogen) atoms. The zero-order chi connectivity index (χ0) is 13.8. The Kier molecular flexibility index (Phi) is 4.06. The molecule has 0 aliphatic rings. The molecular weight excluding hydrogens is 270 g/mol. The van der Waals surface area contributed by atoms with Crippen molar-refractivity contribution in [3.05, 3.63) is 35.6 Å². The molecule has 0 spiro atoms. The fraction of sp³-hybridized carbons (Fsp3) is 0.231. The van der Waals surface area contributed by atoms with Crippen LogP contribution < -0.4 is 4.74 Å². The second kappa shape index (κ2) is 5.75. The molecule has 0 bridgehead atoms. The molecule has 0 saturated heterocycles. The number of carboxylic acids is 1. The molecule has 1 aromatic carbocycles. The van der Waals surface area contributed by atoms with E-state index >= 15 is 0 Å². The molecular formula is C13H12ClNO4. The molecule has 2 rings (SSSR count). The van der Waals surface area contributed by atoms with Crippen molar-refractivity contribution < 1.29 is 19.2 Å². The average molecular weight is 282 g/mol. The third-order valence-electron chi connectivity index (χ3n) is 2.57. The third kappa shape index (κ3) is 3.06. The van der Waals surface area contributed by atoms with Gasteiger partial charge < -0.3 is 14.4 Å². The van der Waals surface area contributed by atoms with Gasteiger partial charge in [-0.1, -0.05) is 23.7 Å². The molecule has 0 aliphatic carbocycles. The highest BCUT2D eigenvalue weighted by Crippen LogP contribution is 2.32. The molecule has 0 fully saturated rings. The highest BCUT2D eigenvalue weighted by molar-refractivity contribution is 6.30. The lowest BCUT2D eigenvalue weighted by Crippen LogP contribution is -2.26. The first kappa shape index (κ1) is 13.4. The van der Waals surface area contributed by atoms with E-state index in [1.54, 1.807) is 31.2 Å². The Hall–Kier alpha value is -2.01. The molecule has 6 heteroatoms. The summed E-state index contributed by atoms with van der Waals surface area (Å²) in [4.78, 5) is 11.0. The molecule has 0 amide bonds. The minimum Gasteiger partial charge on any atom is -0.479 e. The van der Waals surface area contributed by atoms with Crippen molar-refractivity contribution in [2.45, 2.75) is 19.4 Å². The van der Waals surface area contributed by atoms with Gasteiger partial charge in [0.1, 0.15) is 17.7 Å². The molecule has 1 unspecified atom stereocenters. The summed E-state index contributed by atoms with van der Waals surface area (Å²) in [6.07, 6.45) is 0.872. The number of aromatic nitrogens is 1. The van der Waals surface area contributed by atoms with E-state index in [9.17, 15) is 4.79 Å². The van der Waals surface area contributed by atoms with Gasteiger partial charge in [-0.25, -0.2) is 4.79 Å². The van der Waals surface area contributed by atoms with Crippen LogP contribution >= 0.6 is 11.6 Å². The normalized spacial score (nSPS) is 12.1. The minimum atomic E-state index is -1.01. The predicted molar refractivity (Wildman–Crippen MR) is 69.3 cm³/mol. The zero-order valence-electron chi connectivity index (χ0n) is 10.2. The monoisotopic (exact) mass is 281 g/mol. The van der Waals surface area contributed by atoms with E-state index < -0.39 is 12.1 Å². The van der Waals surface area contributed by atoms with Crippen LogP contribution in [-0.2, 0) is 4.79 Å². The van der Waals surface area contributed by atoms with Gasteiger partial charge in [0.2, 0.25) is 0 Å². The topological polar surface area (TPSA) is 72.6 Å². The number of rotatable bonds is 5. The summed E-state index contributed by atoms with van der Waals surface area (Å²) >= 11 is 5.94. The van der Waals surface area contributed by atoms with Gasteiger partial charge in [0, 0.05) is 16.7 Å².